The summed E-state index contributed by atoms with van der Waals surface area (Å²) in [4.78, 5) is 10.2. The summed E-state index contributed by atoms with van der Waals surface area (Å²) in [5.74, 6) is -0.280. The van der Waals surface area contributed by atoms with Crippen molar-refractivity contribution in [3.63, 3.8) is 0 Å². The van der Waals surface area contributed by atoms with Crippen molar-refractivity contribution < 1.29 is 9.50 Å². The number of benzene rings is 1. The standard InChI is InChI=1S/C15H20FN5O/c1-9-10(16)5-6-11(12(9)22)21-14(18)19-13(17)20-15(21)7-3-2-4-8-15/h5-6,22H,2-4,7-8H2,1H3,(H4,17,18,19,20). The summed E-state index contributed by atoms with van der Waals surface area (Å²) < 4.78 is 13.6. The lowest BCUT2D eigenvalue weighted by Gasteiger charge is -2.45. The molecular formula is C15H20FN5O. The fourth-order valence-electron chi connectivity index (χ4n) is 3.31. The second-order valence-electron chi connectivity index (χ2n) is 5.86. The van der Waals surface area contributed by atoms with Gasteiger partial charge in [-0.15, -0.1) is 0 Å². The van der Waals surface area contributed by atoms with Gasteiger partial charge in [0.25, 0.3) is 0 Å². The second kappa shape index (κ2) is 5.15. The van der Waals surface area contributed by atoms with Gasteiger partial charge >= 0.3 is 0 Å². The molecule has 1 aromatic rings. The number of anilines is 1. The molecule has 1 aliphatic carbocycles. The number of phenols is 1. The molecule has 1 heterocycles. The average Bonchev–Trinajstić information content (AvgIpc) is 2.47. The molecule has 0 radical (unpaired) electrons. The summed E-state index contributed by atoms with van der Waals surface area (Å²) in [6.45, 7) is 1.52. The van der Waals surface area contributed by atoms with Gasteiger partial charge in [0, 0.05) is 5.56 Å². The van der Waals surface area contributed by atoms with Gasteiger partial charge in [-0.2, -0.15) is 4.99 Å². The smallest absolute Gasteiger partial charge is 0.220 e. The van der Waals surface area contributed by atoms with Gasteiger partial charge in [0.1, 0.15) is 17.2 Å². The monoisotopic (exact) mass is 305 g/mol. The van der Waals surface area contributed by atoms with E-state index < -0.39 is 11.5 Å². The van der Waals surface area contributed by atoms with Crippen LogP contribution in [0.25, 0.3) is 0 Å². The molecule has 22 heavy (non-hydrogen) atoms. The third kappa shape index (κ3) is 2.17. The Kier molecular flexibility index (Phi) is 3.42. The van der Waals surface area contributed by atoms with Crippen molar-refractivity contribution in [2.45, 2.75) is 44.7 Å². The van der Waals surface area contributed by atoms with E-state index in [1.165, 1.54) is 19.1 Å². The highest BCUT2D eigenvalue weighted by molar-refractivity contribution is 6.06. The Morgan fingerprint density at radius 1 is 1.23 bits per heavy atom. The fourth-order valence-corrected chi connectivity index (χ4v) is 3.31. The van der Waals surface area contributed by atoms with Gasteiger partial charge in [-0.25, -0.2) is 9.38 Å². The number of rotatable bonds is 1. The molecule has 118 valence electrons. The van der Waals surface area contributed by atoms with Crippen LogP contribution in [0.15, 0.2) is 22.1 Å². The quantitative estimate of drug-likeness (QED) is 0.738. The molecule has 0 amide bonds. The van der Waals surface area contributed by atoms with Crippen molar-refractivity contribution in [1.29, 1.82) is 0 Å². The first-order chi connectivity index (χ1) is 10.4. The van der Waals surface area contributed by atoms with E-state index in [1.807, 2.05) is 0 Å². The van der Waals surface area contributed by atoms with Crippen LogP contribution in [-0.4, -0.2) is 22.7 Å². The lowest BCUT2D eigenvalue weighted by Crippen LogP contribution is -2.58. The van der Waals surface area contributed by atoms with Gasteiger partial charge in [0.15, 0.2) is 0 Å². The lowest BCUT2D eigenvalue weighted by molar-refractivity contribution is 0.303. The summed E-state index contributed by atoms with van der Waals surface area (Å²) in [5, 5.41) is 10.4. The number of hydrogen-bond donors (Lipinski definition) is 3. The molecule has 0 aromatic heterocycles. The molecular weight excluding hydrogens is 285 g/mol. The van der Waals surface area contributed by atoms with E-state index in [0.717, 1.165) is 32.1 Å². The molecule has 0 unspecified atom stereocenters. The van der Waals surface area contributed by atoms with E-state index in [4.69, 9.17) is 11.5 Å². The predicted molar refractivity (Wildman–Crippen MR) is 84.3 cm³/mol. The number of nitrogens with two attached hydrogens (primary N) is 2. The van der Waals surface area contributed by atoms with E-state index in [9.17, 15) is 9.50 Å². The largest absolute Gasteiger partial charge is 0.505 e. The zero-order valence-electron chi connectivity index (χ0n) is 12.5. The van der Waals surface area contributed by atoms with Crippen molar-refractivity contribution in [3.05, 3.63) is 23.5 Å². The SMILES string of the molecule is Cc1c(F)ccc(N2C(N)=NC(N)=NC23CCCCC3)c1O. The Balaban J connectivity index is 2.14. The van der Waals surface area contributed by atoms with Crippen molar-refractivity contribution >= 4 is 17.6 Å². The van der Waals surface area contributed by atoms with Crippen LogP contribution in [0.5, 0.6) is 5.75 Å². The summed E-state index contributed by atoms with van der Waals surface area (Å²) >= 11 is 0. The summed E-state index contributed by atoms with van der Waals surface area (Å²) in [6.07, 6.45) is 4.62. The van der Waals surface area contributed by atoms with Gasteiger partial charge < -0.3 is 16.6 Å². The first kappa shape index (κ1) is 14.6. The van der Waals surface area contributed by atoms with E-state index in [0.29, 0.717) is 5.69 Å². The molecule has 1 fully saturated rings. The van der Waals surface area contributed by atoms with Crippen LogP contribution in [-0.2, 0) is 0 Å². The Labute approximate surface area is 128 Å². The van der Waals surface area contributed by atoms with Crippen molar-refractivity contribution in [1.82, 2.24) is 0 Å². The highest BCUT2D eigenvalue weighted by Gasteiger charge is 2.43. The van der Waals surface area contributed by atoms with Crippen LogP contribution >= 0.6 is 0 Å². The number of halogens is 1. The van der Waals surface area contributed by atoms with Gasteiger partial charge in [-0.3, -0.25) is 4.90 Å². The molecule has 2 aliphatic rings. The van der Waals surface area contributed by atoms with Crippen LogP contribution in [0.2, 0.25) is 0 Å². The molecule has 5 N–H and O–H groups in total. The molecule has 0 saturated heterocycles. The first-order valence-corrected chi connectivity index (χ1v) is 7.42. The van der Waals surface area contributed by atoms with E-state index in [-0.39, 0.29) is 23.2 Å². The Morgan fingerprint density at radius 2 is 1.91 bits per heavy atom. The molecule has 0 atom stereocenters. The van der Waals surface area contributed by atoms with Crippen LogP contribution in [0.3, 0.4) is 0 Å². The van der Waals surface area contributed by atoms with Gasteiger partial charge in [0.05, 0.1) is 5.69 Å². The topological polar surface area (TPSA) is 100 Å². The van der Waals surface area contributed by atoms with Gasteiger partial charge in [-0.1, -0.05) is 6.42 Å². The zero-order valence-corrected chi connectivity index (χ0v) is 12.5. The van der Waals surface area contributed by atoms with Crippen molar-refractivity contribution in [2.24, 2.45) is 21.5 Å². The highest BCUT2D eigenvalue weighted by Crippen LogP contribution is 2.43. The molecule has 7 heteroatoms. The summed E-state index contributed by atoms with van der Waals surface area (Å²) in [5.41, 5.74) is 11.8. The lowest BCUT2D eigenvalue weighted by atomic mass is 9.87. The van der Waals surface area contributed by atoms with Crippen LogP contribution in [0.4, 0.5) is 10.1 Å². The minimum absolute atomic E-state index is 0.140. The van der Waals surface area contributed by atoms with Gasteiger partial charge in [-0.05, 0) is 44.7 Å². The maximum Gasteiger partial charge on any atom is 0.220 e. The van der Waals surface area contributed by atoms with E-state index in [1.54, 1.807) is 4.90 Å². The molecule has 0 bridgehead atoms. The van der Waals surface area contributed by atoms with Crippen molar-refractivity contribution in [2.75, 3.05) is 4.90 Å². The highest BCUT2D eigenvalue weighted by atomic mass is 19.1. The number of hydrogen-bond acceptors (Lipinski definition) is 6. The molecule has 3 rings (SSSR count). The fraction of sp³-hybridized carbons (Fsp3) is 0.467. The average molecular weight is 305 g/mol. The number of guanidine groups is 2. The molecule has 1 aromatic carbocycles. The molecule has 1 aliphatic heterocycles. The van der Waals surface area contributed by atoms with Crippen LogP contribution < -0.4 is 16.4 Å². The number of aromatic hydroxyl groups is 1. The minimum Gasteiger partial charge on any atom is -0.505 e. The van der Waals surface area contributed by atoms with E-state index >= 15 is 0 Å². The minimum atomic E-state index is -0.643. The molecule has 6 nitrogen and oxygen atoms in total. The van der Waals surface area contributed by atoms with E-state index in [2.05, 4.69) is 9.98 Å². The first-order valence-electron chi connectivity index (χ1n) is 7.42. The normalized spacial score (nSPS) is 20.7. The van der Waals surface area contributed by atoms with Crippen LogP contribution in [0, 0.1) is 12.7 Å². The molecule has 1 saturated carbocycles. The third-order valence-electron chi connectivity index (χ3n) is 4.44. The summed E-state index contributed by atoms with van der Waals surface area (Å²) in [7, 11) is 0. The van der Waals surface area contributed by atoms with Crippen molar-refractivity contribution in [3.8, 4) is 5.75 Å². The number of nitrogens with zero attached hydrogens (tertiary/aromatic N) is 3. The Bertz CT molecular complexity index is 664. The maximum absolute atomic E-state index is 13.6. The Morgan fingerprint density at radius 3 is 2.59 bits per heavy atom. The van der Waals surface area contributed by atoms with Crippen LogP contribution in [0.1, 0.15) is 37.7 Å². The third-order valence-corrected chi connectivity index (χ3v) is 4.44. The molecule has 1 spiro atoms. The number of aliphatic imine (C=N–C) groups is 2. The number of phenolic OH excluding ortho intramolecular Hbond substituents is 1. The summed E-state index contributed by atoms with van der Waals surface area (Å²) in [6, 6.07) is 2.82. The zero-order chi connectivity index (χ0) is 15.9. The second-order valence-corrected chi connectivity index (χ2v) is 5.86. The predicted octanol–water partition coefficient (Wildman–Crippen LogP) is 1.95. The maximum atomic E-state index is 13.6. The Hall–Kier alpha value is -2.31. The van der Waals surface area contributed by atoms with Gasteiger partial charge in [0.2, 0.25) is 11.9 Å².